The molecule has 2 N–H and O–H groups in total. The molecule has 5 rings (SSSR count). The zero-order valence-corrected chi connectivity index (χ0v) is 19.6. The van der Waals surface area contributed by atoms with E-state index in [0.717, 1.165) is 36.6 Å². The molecule has 4 heterocycles. The normalized spacial score (nSPS) is 23.6. The molecule has 3 aliphatic rings. The van der Waals surface area contributed by atoms with E-state index in [9.17, 15) is 19.2 Å². The first-order valence-corrected chi connectivity index (χ1v) is 11.9. The van der Waals surface area contributed by atoms with Gasteiger partial charge in [0.05, 0.1) is 19.2 Å². The SMILES string of the molecule is COc1ccc(N2C(=O)N[C@@H](CC(=O)NCCN3CC4CC(C3)c3cccc(=O)n3C4)C2=O)cc1. The van der Waals surface area contributed by atoms with Crippen molar-refractivity contribution in [2.24, 2.45) is 5.92 Å². The summed E-state index contributed by atoms with van der Waals surface area (Å²) in [4.78, 5) is 53.2. The first-order chi connectivity index (χ1) is 16.9. The van der Waals surface area contributed by atoms with E-state index in [2.05, 4.69) is 15.5 Å². The van der Waals surface area contributed by atoms with Crippen LogP contribution in [-0.2, 0) is 16.1 Å². The first-order valence-electron chi connectivity index (χ1n) is 11.9. The molecule has 1 aromatic carbocycles. The largest absolute Gasteiger partial charge is 0.497 e. The number of rotatable bonds is 7. The third-order valence-corrected chi connectivity index (χ3v) is 7.04. The molecule has 1 aromatic heterocycles. The number of pyridine rings is 1. The van der Waals surface area contributed by atoms with Gasteiger partial charge in [0.25, 0.3) is 11.5 Å². The molecule has 3 atom stereocenters. The Labute approximate surface area is 202 Å². The fraction of sp³-hybridized carbons (Fsp3) is 0.440. The Morgan fingerprint density at radius 2 is 1.89 bits per heavy atom. The average molecular weight is 480 g/mol. The summed E-state index contributed by atoms with van der Waals surface area (Å²) < 4.78 is 7.01. The highest BCUT2D eigenvalue weighted by Crippen LogP contribution is 2.34. The zero-order chi connectivity index (χ0) is 24.5. The fourth-order valence-electron chi connectivity index (χ4n) is 5.43. The number of benzene rings is 1. The van der Waals surface area contributed by atoms with Crippen LogP contribution in [0.15, 0.2) is 47.3 Å². The van der Waals surface area contributed by atoms with E-state index >= 15 is 0 Å². The molecular formula is C25H29N5O5. The van der Waals surface area contributed by atoms with Crippen LogP contribution in [0.1, 0.15) is 24.5 Å². The number of likely N-dealkylation sites (tertiary alicyclic amines) is 1. The maximum atomic E-state index is 12.8. The molecule has 2 aromatic rings. The van der Waals surface area contributed by atoms with Crippen molar-refractivity contribution in [2.75, 3.05) is 38.2 Å². The zero-order valence-electron chi connectivity index (χ0n) is 19.6. The Kier molecular flexibility index (Phi) is 6.29. The van der Waals surface area contributed by atoms with Gasteiger partial charge < -0.3 is 24.8 Å². The van der Waals surface area contributed by atoms with Crippen molar-refractivity contribution in [3.8, 4) is 5.75 Å². The van der Waals surface area contributed by atoms with Crippen LogP contribution in [0.25, 0.3) is 0 Å². The number of methoxy groups -OCH3 is 1. The van der Waals surface area contributed by atoms with E-state index < -0.39 is 18.0 Å². The van der Waals surface area contributed by atoms with Crippen molar-refractivity contribution in [1.82, 2.24) is 20.1 Å². The number of carbonyl (C=O) groups excluding carboxylic acids is 3. The minimum atomic E-state index is -0.895. The van der Waals surface area contributed by atoms with Gasteiger partial charge in [0.15, 0.2) is 0 Å². The van der Waals surface area contributed by atoms with E-state index in [4.69, 9.17) is 4.74 Å². The molecule has 0 radical (unpaired) electrons. The quantitative estimate of drug-likeness (QED) is 0.571. The van der Waals surface area contributed by atoms with Gasteiger partial charge in [-0.15, -0.1) is 0 Å². The van der Waals surface area contributed by atoms with Crippen LogP contribution in [0.2, 0.25) is 0 Å². The van der Waals surface area contributed by atoms with Gasteiger partial charge in [-0.05, 0) is 42.7 Å². The van der Waals surface area contributed by atoms with Crippen LogP contribution in [0.3, 0.4) is 0 Å². The van der Waals surface area contributed by atoms with Gasteiger partial charge in [-0.2, -0.15) is 0 Å². The number of carbonyl (C=O) groups is 3. The highest BCUT2D eigenvalue weighted by Gasteiger charge is 2.40. The molecule has 2 saturated heterocycles. The van der Waals surface area contributed by atoms with E-state index in [0.29, 0.717) is 36.4 Å². The highest BCUT2D eigenvalue weighted by molar-refractivity contribution is 6.22. The number of nitrogens with one attached hydrogen (secondary N) is 2. The number of ether oxygens (including phenoxy) is 1. The number of urea groups is 1. The molecule has 4 amide bonds. The predicted octanol–water partition coefficient (Wildman–Crippen LogP) is 0.907. The molecule has 10 heteroatoms. The highest BCUT2D eigenvalue weighted by atomic mass is 16.5. The summed E-state index contributed by atoms with van der Waals surface area (Å²) >= 11 is 0. The maximum absolute atomic E-state index is 12.8. The van der Waals surface area contributed by atoms with Crippen LogP contribution in [-0.4, -0.2) is 66.6 Å². The van der Waals surface area contributed by atoms with Gasteiger partial charge in [-0.25, -0.2) is 9.69 Å². The van der Waals surface area contributed by atoms with Gasteiger partial charge in [-0.3, -0.25) is 14.4 Å². The van der Waals surface area contributed by atoms with Crippen molar-refractivity contribution in [3.63, 3.8) is 0 Å². The van der Waals surface area contributed by atoms with Crippen molar-refractivity contribution in [2.45, 2.75) is 31.3 Å². The summed E-state index contributed by atoms with van der Waals surface area (Å²) in [6.07, 6.45) is 0.971. The molecule has 10 nitrogen and oxygen atoms in total. The average Bonchev–Trinajstić information content (AvgIpc) is 3.12. The minimum Gasteiger partial charge on any atom is -0.497 e. The Balaban J connectivity index is 1.11. The predicted molar refractivity (Wildman–Crippen MR) is 128 cm³/mol. The summed E-state index contributed by atoms with van der Waals surface area (Å²) in [5.41, 5.74) is 1.59. The third kappa shape index (κ3) is 4.66. The lowest BCUT2D eigenvalue weighted by Gasteiger charge is -2.42. The van der Waals surface area contributed by atoms with Gasteiger partial charge in [0, 0.05) is 50.4 Å². The summed E-state index contributed by atoms with van der Waals surface area (Å²) in [5, 5.41) is 5.48. The monoisotopic (exact) mass is 479 g/mol. The number of amides is 4. The van der Waals surface area contributed by atoms with Crippen LogP contribution in [0, 0.1) is 5.92 Å². The number of piperidine rings is 1. The standard InChI is InChI=1S/C25H29N5O5/c1-35-19-7-5-18(6-8-19)30-24(33)20(27-25(30)34)12-22(31)26-9-10-28-13-16-11-17(15-28)21-3-2-4-23(32)29(21)14-16/h2-8,16-17,20H,9-15H2,1H3,(H,26,31)(H,27,34)/t16?,17?,20-/m0/s1. The lowest BCUT2D eigenvalue weighted by molar-refractivity contribution is -0.125. The number of anilines is 1. The summed E-state index contributed by atoms with van der Waals surface area (Å²) in [5.74, 6) is 0.629. The fourth-order valence-corrected chi connectivity index (χ4v) is 5.43. The Hall–Kier alpha value is -3.66. The van der Waals surface area contributed by atoms with Gasteiger partial charge >= 0.3 is 6.03 Å². The molecule has 0 saturated carbocycles. The third-order valence-electron chi connectivity index (χ3n) is 7.04. The van der Waals surface area contributed by atoms with E-state index in [1.165, 1.54) is 7.11 Å². The number of fused-ring (bicyclic) bond motifs is 4. The summed E-state index contributed by atoms with van der Waals surface area (Å²) in [6.45, 7) is 3.63. The molecule has 2 unspecified atom stereocenters. The Bertz CT molecular complexity index is 1190. The molecular weight excluding hydrogens is 450 g/mol. The molecule has 2 bridgehead atoms. The number of imide groups is 1. The molecule has 0 spiro atoms. The van der Waals surface area contributed by atoms with Crippen LogP contribution >= 0.6 is 0 Å². The van der Waals surface area contributed by atoms with Gasteiger partial charge in [-0.1, -0.05) is 6.07 Å². The first kappa shape index (κ1) is 23.1. The van der Waals surface area contributed by atoms with Crippen LogP contribution in [0.5, 0.6) is 5.75 Å². The van der Waals surface area contributed by atoms with Crippen molar-refractivity contribution in [3.05, 3.63) is 58.5 Å². The maximum Gasteiger partial charge on any atom is 0.329 e. The van der Waals surface area contributed by atoms with Crippen molar-refractivity contribution < 1.29 is 19.1 Å². The summed E-state index contributed by atoms with van der Waals surface area (Å²) in [6, 6.07) is 10.6. The lowest BCUT2D eigenvalue weighted by atomic mass is 9.83. The number of nitrogens with zero attached hydrogens (tertiary/aromatic N) is 3. The second-order valence-corrected chi connectivity index (χ2v) is 9.39. The second-order valence-electron chi connectivity index (χ2n) is 9.39. The second kappa shape index (κ2) is 9.53. The smallest absolute Gasteiger partial charge is 0.329 e. The molecule has 35 heavy (non-hydrogen) atoms. The van der Waals surface area contributed by atoms with Crippen LogP contribution in [0.4, 0.5) is 10.5 Å². The minimum absolute atomic E-state index is 0.0667. The molecule has 0 aliphatic carbocycles. The van der Waals surface area contributed by atoms with Crippen molar-refractivity contribution >= 4 is 23.5 Å². The van der Waals surface area contributed by atoms with E-state index in [1.807, 2.05) is 16.7 Å². The van der Waals surface area contributed by atoms with Crippen molar-refractivity contribution in [1.29, 1.82) is 0 Å². The molecule has 2 fully saturated rings. The Morgan fingerprint density at radius 1 is 1.09 bits per heavy atom. The van der Waals surface area contributed by atoms with Gasteiger partial charge in [0.2, 0.25) is 5.91 Å². The molecule has 184 valence electrons. The number of aromatic nitrogens is 1. The number of hydrogen-bond donors (Lipinski definition) is 2. The van der Waals surface area contributed by atoms with E-state index in [1.54, 1.807) is 30.3 Å². The number of hydrogen-bond acceptors (Lipinski definition) is 6. The molecule has 3 aliphatic heterocycles. The van der Waals surface area contributed by atoms with Crippen LogP contribution < -0.4 is 25.8 Å². The van der Waals surface area contributed by atoms with E-state index in [-0.39, 0.29) is 17.9 Å². The summed E-state index contributed by atoms with van der Waals surface area (Å²) in [7, 11) is 1.54. The lowest BCUT2D eigenvalue weighted by Crippen LogP contribution is -2.49. The topological polar surface area (TPSA) is 113 Å². The Morgan fingerprint density at radius 3 is 2.66 bits per heavy atom. The van der Waals surface area contributed by atoms with Gasteiger partial charge in [0.1, 0.15) is 11.8 Å².